The fourth-order valence-corrected chi connectivity index (χ4v) is 3.10. The van der Waals surface area contributed by atoms with Crippen molar-refractivity contribution >= 4 is 17.7 Å². The summed E-state index contributed by atoms with van der Waals surface area (Å²) in [5.41, 5.74) is 2.56. The summed E-state index contributed by atoms with van der Waals surface area (Å²) in [6, 6.07) is 6.09. The normalized spacial score (nSPS) is 17.0. The third kappa shape index (κ3) is 5.83. The lowest BCUT2D eigenvalue weighted by atomic mass is 9.94. The van der Waals surface area contributed by atoms with E-state index < -0.39 is 5.60 Å². The lowest BCUT2D eigenvalue weighted by molar-refractivity contribution is -0.113. The van der Waals surface area contributed by atoms with Crippen molar-refractivity contribution in [3.05, 3.63) is 41.5 Å². The fourth-order valence-electron chi connectivity index (χ4n) is 3.10. The molecule has 0 fully saturated rings. The monoisotopic (exact) mass is 387 g/mol. The van der Waals surface area contributed by atoms with Gasteiger partial charge in [-0.3, -0.25) is 4.79 Å². The Labute approximate surface area is 168 Å². The van der Waals surface area contributed by atoms with E-state index in [4.69, 9.17) is 4.74 Å². The van der Waals surface area contributed by atoms with Crippen molar-refractivity contribution in [2.45, 2.75) is 52.3 Å². The molecule has 6 nitrogen and oxygen atoms in total. The van der Waals surface area contributed by atoms with Crippen LogP contribution in [0.5, 0.6) is 0 Å². The zero-order valence-electron chi connectivity index (χ0n) is 18.2. The molecule has 1 aromatic rings. The Bertz CT molecular complexity index is 750. The third-order valence-electron chi connectivity index (χ3n) is 4.65. The SMILES string of the molecule is CC1Cc2ccc(N(C)C(=O)/C=C/CN(C)C)cc2CN1C(=O)OC(C)(C)C. The van der Waals surface area contributed by atoms with Gasteiger partial charge in [0.05, 0.1) is 0 Å². The zero-order chi connectivity index (χ0) is 21.1. The Morgan fingerprint density at radius 2 is 1.89 bits per heavy atom. The van der Waals surface area contributed by atoms with Gasteiger partial charge in [-0.15, -0.1) is 0 Å². The summed E-state index contributed by atoms with van der Waals surface area (Å²) in [5, 5.41) is 0. The van der Waals surface area contributed by atoms with Gasteiger partial charge in [-0.25, -0.2) is 4.79 Å². The summed E-state index contributed by atoms with van der Waals surface area (Å²) in [7, 11) is 5.68. The minimum atomic E-state index is -0.523. The van der Waals surface area contributed by atoms with E-state index in [9.17, 15) is 9.59 Å². The summed E-state index contributed by atoms with van der Waals surface area (Å²) in [4.78, 5) is 30.4. The number of anilines is 1. The van der Waals surface area contributed by atoms with Crippen LogP contribution in [-0.2, 0) is 22.5 Å². The van der Waals surface area contributed by atoms with Crippen LogP contribution >= 0.6 is 0 Å². The number of rotatable bonds is 4. The van der Waals surface area contributed by atoms with E-state index in [1.54, 1.807) is 22.9 Å². The molecule has 0 N–H and O–H groups in total. The Balaban J connectivity index is 2.16. The first kappa shape index (κ1) is 22.0. The molecule has 2 amide bonds. The van der Waals surface area contributed by atoms with Gasteiger partial charge in [0.15, 0.2) is 0 Å². The average molecular weight is 388 g/mol. The highest BCUT2D eigenvalue weighted by Gasteiger charge is 2.30. The molecule has 0 saturated carbocycles. The van der Waals surface area contributed by atoms with Gasteiger partial charge in [0.25, 0.3) is 0 Å². The largest absolute Gasteiger partial charge is 0.444 e. The molecule has 154 valence electrons. The highest BCUT2D eigenvalue weighted by molar-refractivity contribution is 6.01. The second-order valence-corrected chi connectivity index (χ2v) is 8.68. The van der Waals surface area contributed by atoms with Gasteiger partial charge in [0, 0.05) is 37.9 Å². The smallest absolute Gasteiger partial charge is 0.410 e. The lowest BCUT2D eigenvalue weighted by Crippen LogP contribution is -2.45. The zero-order valence-corrected chi connectivity index (χ0v) is 18.2. The highest BCUT2D eigenvalue weighted by Crippen LogP contribution is 2.28. The van der Waals surface area contributed by atoms with Crippen LogP contribution in [0.1, 0.15) is 38.8 Å². The van der Waals surface area contributed by atoms with Crippen LogP contribution in [0.15, 0.2) is 30.4 Å². The van der Waals surface area contributed by atoms with Gasteiger partial charge in [0.1, 0.15) is 5.60 Å². The van der Waals surface area contributed by atoms with E-state index in [2.05, 4.69) is 6.07 Å². The van der Waals surface area contributed by atoms with Crippen molar-refractivity contribution in [3.8, 4) is 0 Å². The molecule has 1 aliphatic heterocycles. The third-order valence-corrected chi connectivity index (χ3v) is 4.65. The van der Waals surface area contributed by atoms with Gasteiger partial charge in [-0.2, -0.15) is 0 Å². The van der Waals surface area contributed by atoms with Crippen molar-refractivity contribution < 1.29 is 14.3 Å². The number of ether oxygens (including phenoxy) is 1. The number of nitrogens with zero attached hydrogens (tertiary/aromatic N) is 3. The van der Waals surface area contributed by atoms with Crippen LogP contribution in [0.3, 0.4) is 0 Å². The summed E-state index contributed by atoms with van der Waals surface area (Å²) in [6.45, 7) is 8.85. The minimum absolute atomic E-state index is 0.0709. The van der Waals surface area contributed by atoms with E-state index in [0.717, 1.165) is 17.7 Å². The van der Waals surface area contributed by atoms with Crippen molar-refractivity contribution in [2.24, 2.45) is 0 Å². The summed E-state index contributed by atoms with van der Waals surface area (Å²) < 4.78 is 5.55. The molecule has 1 unspecified atom stereocenters. The number of carbonyl (C=O) groups excluding carboxylic acids is 2. The predicted octanol–water partition coefficient (Wildman–Crippen LogP) is 3.45. The van der Waals surface area contributed by atoms with E-state index in [1.165, 1.54) is 5.56 Å². The molecule has 0 spiro atoms. The standard InChI is InChI=1S/C22H33N3O3/c1-16-13-17-10-11-19(24(7)20(26)9-8-12-23(5)6)14-18(17)15-25(16)21(27)28-22(2,3)4/h8-11,14,16H,12-13,15H2,1-7H3/b9-8+. The van der Waals surface area contributed by atoms with Crippen LogP contribution in [0.25, 0.3) is 0 Å². The van der Waals surface area contributed by atoms with Crippen LogP contribution in [0.4, 0.5) is 10.5 Å². The minimum Gasteiger partial charge on any atom is -0.444 e. The Hall–Kier alpha value is -2.34. The van der Waals surface area contributed by atoms with E-state index in [-0.39, 0.29) is 18.0 Å². The highest BCUT2D eigenvalue weighted by atomic mass is 16.6. The Kier molecular flexibility index (Phi) is 6.88. The Morgan fingerprint density at radius 1 is 1.21 bits per heavy atom. The summed E-state index contributed by atoms with van der Waals surface area (Å²) in [6.07, 6.45) is 3.92. The van der Waals surface area contributed by atoms with Crippen LogP contribution in [0, 0.1) is 0 Å². The molecule has 0 aromatic heterocycles. The quantitative estimate of drug-likeness (QED) is 0.743. The molecular weight excluding hydrogens is 354 g/mol. The number of amides is 2. The van der Waals surface area contributed by atoms with Crippen LogP contribution < -0.4 is 4.90 Å². The molecule has 1 aromatic carbocycles. The second-order valence-electron chi connectivity index (χ2n) is 8.68. The lowest BCUT2D eigenvalue weighted by Gasteiger charge is -2.36. The number of likely N-dealkylation sites (N-methyl/N-ethyl adjacent to an activating group) is 2. The molecule has 0 aliphatic carbocycles. The van der Waals surface area contributed by atoms with Crippen molar-refractivity contribution in [1.82, 2.24) is 9.80 Å². The van der Waals surface area contributed by atoms with Crippen molar-refractivity contribution in [1.29, 1.82) is 0 Å². The van der Waals surface area contributed by atoms with Gasteiger partial charge >= 0.3 is 6.09 Å². The first-order chi connectivity index (χ1) is 13.0. The molecular formula is C22H33N3O3. The maximum absolute atomic E-state index is 12.6. The van der Waals surface area contributed by atoms with Crippen LogP contribution in [-0.4, -0.2) is 61.1 Å². The van der Waals surface area contributed by atoms with Gasteiger partial charge in [-0.1, -0.05) is 12.1 Å². The van der Waals surface area contributed by atoms with Gasteiger partial charge in [0.2, 0.25) is 5.91 Å². The number of benzene rings is 1. The topological polar surface area (TPSA) is 53.1 Å². The van der Waals surface area contributed by atoms with E-state index in [1.807, 2.05) is 64.9 Å². The molecule has 2 rings (SSSR count). The summed E-state index contributed by atoms with van der Waals surface area (Å²) in [5.74, 6) is -0.0741. The number of hydrogen-bond donors (Lipinski definition) is 0. The maximum atomic E-state index is 12.6. The first-order valence-electron chi connectivity index (χ1n) is 9.68. The number of fused-ring (bicyclic) bond motifs is 1. The molecule has 28 heavy (non-hydrogen) atoms. The number of hydrogen-bond acceptors (Lipinski definition) is 4. The van der Waals surface area contributed by atoms with E-state index >= 15 is 0 Å². The second kappa shape index (κ2) is 8.78. The van der Waals surface area contributed by atoms with Crippen molar-refractivity contribution in [2.75, 3.05) is 32.6 Å². The average Bonchev–Trinajstić information content (AvgIpc) is 2.58. The van der Waals surface area contributed by atoms with Gasteiger partial charge < -0.3 is 19.4 Å². The Morgan fingerprint density at radius 3 is 2.50 bits per heavy atom. The molecule has 0 bridgehead atoms. The van der Waals surface area contributed by atoms with Crippen molar-refractivity contribution in [3.63, 3.8) is 0 Å². The van der Waals surface area contributed by atoms with Crippen LogP contribution in [0.2, 0.25) is 0 Å². The molecule has 1 aliphatic rings. The number of carbonyl (C=O) groups is 2. The molecule has 1 heterocycles. The predicted molar refractivity (Wildman–Crippen MR) is 112 cm³/mol. The molecule has 0 saturated heterocycles. The first-order valence-corrected chi connectivity index (χ1v) is 9.68. The molecule has 6 heteroatoms. The fraction of sp³-hybridized carbons (Fsp3) is 0.545. The summed E-state index contributed by atoms with van der Waals surface area (Å²) >= 11 is 0. The van der Waals surface area contributed by atoms with E-state index in [0.29, 0.717) is 13.1 Å². The molecule has 0 radical (unpaired) electrons. The van der Waals surface area contributed by atoms with Gasteiger partial charge in [-0.05, 0) is 71.5 Å². The maximum Gasteiger partial charge on any atom is 0.410 e. The molecule has 1 atom stereocenters.